The molecule has 0 saturated carbocycles. The molecule has 0 N–H and O–H groups in total. The molecule has 0 aliphatic carbocycles. The third kappa shape index (κ3) is 1.74. The van der Waals surface area contributed by atoms with E-state index in [1.54, 1.807) is 11.3 Å². The molecule has 0 saturated heterocycles. The van der Waals surface area contributed by atoms with Gasteiger partial charge in [-0.05, 0) is 19.1 Å². The molecule has 3 nitrogen and oxygen atoms in total. The van der Waals surface area contributed by atoms with Crippen molar-refractivity contribution in [1.29, 1.82) is 0 Å². The number of rotatable bonds is 1. The van der Waals surface area contributed by atoms with Crippen molar-refractivity contribution < 1.29 is 4.74 Å². The van der Waals surface area contributed by atoms with Gasteiger partial charge < -0.3 is 4.74 Å². The Kier molecular flexibility index (Phi) is 2.46. The van der Waals surface area contributed by atoms with Crippen LogP contribution >= 0.6 is 11.3 Å². The SMILES string of the molecule is Cc1nc2cc(C3=NCCOC3)ccc2s1. The highest BCUT2D eigenvalue weighted by molar-refractivity contribution is 7.18. The van der Waals surface area contributed by atoms with E-state index >= 15 is 0 Å². The highest BCUT2D eigenvalue weighted by Crippen LogP contribution is 2.23. The van der Waals surface area contributed by atoms with Crippen LogP contribution in [-0.2, 0) is 4.74 Å². The van der Waals surface area contributed by atoms with Crippen LogP contribution in [0.2, 0.25) is 0 Å². The van der Waals surface area contributed by atoms with Crippen LogP contribution in [0.3, 0.4) is 0 Å². The second-order valence-electron chi connectivity index (χ2n) is 3.80. The Morgan fingerprint density at radius 2 is 2.31 bits per heavy atom. The van der Waals surface area contributed by atoms with Crippen LogP contribution in [-0.4, -0.2) is 30.5 Å². The lowest BCUT2D eigenvalue weighted by Gasteiger charge is -2.12. The highest BCUT2D eigenvalue weighted by atomic mass is 32.1. The van der Waals surface area contributed by atoms with Crippen molar-refractivity contribution >= 4 is 27.3 Å². The molecular formula is C12H12N2OS. The maximum atomic E-state index is 5.41. The van der Waals surface area contributed by atoms with E-state index in [4.69, 9.17) is 4.74 Å². The molecule has 1 aliphatic heterocycles. The van der Waals surface area contributed by atoms with E-state index in [0.717, 1.165) is 35.0 Å². The molecule has 0 atom stereocenters. The summed E-state index contributed by atoms with van der Waals surface area (Å²) in [5, 5.41) is 1.11. The first-order chi connectivity index (χ1) is 7.83. The molecule has 82 valence electrons. The van der Waals surface area contributed by atoms with Crippen molar-refractivity contribution in [3.63, 3.8) is 0 Å². The Morgan fingerprint density at radius 3 is 3.12 bits per heavy atom. The van der Waals surface area contributed by atoms with Crippen LogP contribution in [0.1, 0.15) is 10.6 Å². The quantitative estimate of drug-likeness (QED) is 0.756. The summed E-state index contributed by atoms with van der Waals surface area (Å²) < 4.78 is 6.64. The number of thiazole rings is 1. The fourth-order valence-electron chi connectivity index (χ4n) is 1.86. The molecule has 0 spiro atoms. The van der Waals surface area contributed by atoms with E-state index in [1.165, 1.54) is 4.70 Å². The molecular weight excluding hydrogens is 220 g/mol. The van der Waals surface area contributed by atoms with Gasteiger partial charge in [0.15, 0.2) is 0 Å². The minimum Gasteiger partial charge on any atom is -0.373 e. The largest absolute Gasteiger partial charge is 0.373 e. The molecule has 0 fully saturated rings. The molecule has 4 heteroatoms. The van der Waals surface area contributed by atoms with Crippen molar-refractivity contribution in [2.45, 2.75) is 6.92 Å². The number of benzene rings is 1. The summed E-state index contributed by atoms with van der Waals surface area (Å²) in [6, 6.07) is 6.33. The first kappa shape index (κ1) is 9.93. The predicted octanol–water partition coefficient (Wildman–Crippen LogP) is 2.42. The van der Waals surface area contributed by atoms with E-state index in [1.807, 2.05) is 6.92 Å². The maximum absolute atomic E-state index is 5.41. The number of aromatic nitrogens is 1. The average molecular weight is 232 g/mol. The van der Waals surface area contributed by atoms with Crippen LogP contribution in [0.25, 0.3) is 10.2 Å². The van der Waals surface area contributed by atoms with Gasteiger partial charge in [0.25, 0.3) is 0 Å². The predicted molar refractivity (Wildman–Crippen MR) is 66.6 cm³/mol. The van der Waals surface area contributed by atoms with Gasteiger partial charge in [-0.3, -0.25) is 4.99 Å². The molecule has 0 amide bonds. The van der Waals surface area contributed by atoms with E-state index in [9.17, 15) is 0 Å². The van der Waals surface area contributed by atoms with Crippen molar-refractivity contribution in [2.75, 3.05) is 19.8 Å². The third-order valence-corrected chi connectivity index (χ3v) is 3.56. The lowest BCUT2D eigenvalue weighted by atomic mass is 10.1. The summed E-state index contributed by atoms with van der Waals surface area (Å²) in [4.78, 5) is 8.97. The third-order valence-electron chi connectivity index (χ3n) is 2.60. The normalized spacial score (nSPS) is 16.4. The van der Waals surface area contributed by atoms with Gasteiger partial charge in [-0.15, -0.1) is 11.3 Å². The summed E-state index contributed by atoms with van der Waals surface area (Å²) in [5.74, 6) is 0. The number of fused-ring (bicyclic) bond motifs is 1. The van der Waals surface area contributed by atoms with Crippen LogP contribution < -0.4 is 0 Å². The Hall–Kier alpha value is -1.26. The number of nitrogens with zero attached hydrogens (tertiary/aromatic N) is 2. The topological polar surface area (TPSA) is 34.5 Å². The van der Waals surface area contributed by atoms with Crippen LogP contribution in [0.5, 0.6) is 0 Å². The molecule has 1 aliphatic rings. The molecule has 3 rings (SSSR count). The minimum atomic E-state index is 0.620. The monoisotopic (exact) mass is 232 g/mol. The van der Waals surface area contributed by atoms with E-state index < -0.39 is 0 Å². The van der Waals surface area contributed by atoms with Gasteiger partial charge in [0, 0.05) is 5.56 Å². The Bertz CT molecular complexity index is 559. The first-order valence-electron chi connectivity index (χ1n) is 5.31. The number of hydrogen-bond donors (Lipinski definition) is 0. The molecule has 2 heterocycles. The maximum Gasteiger partial charge on any atom is 0.0907 e. The van der Waals surface area contributed by atoms with Gasteiger partial charge in [-0.25, -0.2) is 4.98 Å². The van der Waals surface area contributed by atoms with E-state index in [0.29, 0.717) is 6.61 Å². The lowest BCUT2D eigenvalue weighted by molar-refractivity contribution is 0.171. The van der Waals surface area contributed by atoms with Crippen molar-refractivity contribution in [1.82, 2.24) is 4.98 Å². The van der Waals surface area contributed by atoms with Gasteiger partial charge in [-0.2, -0.15) is 0 Å². The van der Waals surface area contributed by atoms with Crippen LogP contribution in [0.4, 0.5) is 0 Å². The molecule has 0 bridgehead atoms. The minimum absolute atomic E-state index is 0.620. The molecule has 0 radical (unpaired) electrons. The average Bonchev–Trinajstić information content (AvgIpc) is 2.69. The zero-order valence-electron chi connectivity index (χ0n) is 9.06. The van der Waals surface area contributed by atoms with E-state index in [-0.39, 0.29) is 0 Å². The number of aryl methyl sites for hydroxylation is 1. The second-order valence-corrected chi connectivity index (χ2v) is 5.03. The van der Waals surface area contributed by atoms with Crippen molar-refractivity contribution in [3.8, 4) is 0 Å². The van der Waals surface area contributed by atoms with E-state index in [2.05, 4.69) is 28.2 Å². The molecule has 16 heavy (non-hydrogen) atoms. The first-order valence-corrected chi connectivity index (χ1v) is 6.13. The lowest BCUT2D eigenvalue weighted by Crippen LogP contribution is -2.18. The highest BCUT2D eigenvalue weighted by Gasteiger charge is 2.09. The Morgan fingerprint density at radius 1 is 1.38 bits per heavy atom. The van der Waals surface area contributed by atoms with Gasteiger partial charge in [0.2, 0.25) is 0 Å². The molecule has 2 aromatic rings. The zero-order chi connectivity index (χ0) is 11.0. The summed E-state index contributed by atoms with van der Waals surface area (Å²) in [6.07, 6.45) is 0. The number of ether oxygens (including phenoxy) is 1. The molecule has 0 unspecified atom stereocenters. The fourth-order valence-corrected chi connectivity index (χ4v) is 2.66. The smallest absolute Gasteiger partial charge is 0.0907 e. The van der Waals surface area contributed by atoms with Crippen LogP contribution in [0.15, 0.2) is 23.2 Å². The van der Waals surface area contributed by atoms with Crippen molar-refractivity contribution in [3.05, 3.63) is 28.8 Å². The summed E-state index contributed by atoms with van der Waals surface area (Å²) in [5.41, 5.74) is 3.24. The number of aliphatic imine (C=N–C) groups is 1. The standard InChI is InChI=1S/C12H12N2OS/c1-8-14-10-6-9(2-3-12(10)16-8)11-7-15-5-4-13-11/h2-3,6H,4-5,7H2,1H3. The van der Waals surface area contributed by atoms with Gasteiger partial charge in [0.1, 0.15) is 0 Å². The Balaban J connectivity index is 2.07. The zero-order valence-corrected chi connectivity index (χ0v) is 9.88. The van der Waals surface area contributed by atoms with Gasteiger partial charge in [0.05, 0.1) is 40.7 Å². The molecule has 1 aromatic heterocycles. The summed E-state index contributed by atoms with van der Waals surface area (Å²) >= 11 is 1.73. The van der Waals surface area contributed by atoms with Gasteiger partial charge in [-0.1, -0.05) is 6.07 Å². The fraction of sp³-hybridized carbons (Fsp3) is 0.333. The molecule has 1 aromatic carbocycles. The number of hydrogen-bond acceptors (Lipinski definition) is 4. The summed E-state index contributed by atoms with van der Waals surface area (Å²) in [6.45, 7) is 4.16. The van der Waals surface area contributed by atoms with Crippen LogP contribution in [0, 0.1) is 6.92 Å². The summed E-state index contributed by atoms with van der Waals surface area (Å²) in [7, 11) is 0. The van der Waals surface area contributed by atoms with Crippen molar-refractivity contribution in [2.24, 2.45) is 4.99 Å². The second kappa shape index (κ2) is 3.96. The Labute approximate surface area is 97.8 Å². The van der Waals surface area contributed by atoms with Gasteiger partial charge >= 0.3 is 0 Å².